The molecule has 0 radical (unpaired) electrons. The maximum Gasteiger partial charge on any atom is 0.254 e. The molecule has 0 aliphatic carbocycles. The average Bonchev–Trinajstić information content (AvgIpc) is 2.88. The Bertz CT molecular complexity index is 1240. The zero-order valence-electron chi connectivity index (χ0n) is 20.4. The molecule has 1 aliphatic rings. The molecule has 3 aromatic carbocycles. The van der Waals surface area contributed by atoms with Crippen LogP contribution >= 0.6 is 0 Å². The van der Waals surface area contributed by atoms with E-state index in [0.717, 1.165) is 18.7 Å². The first-order valence-corrected chi connectivity index (χ1v) is 11.9. The molecule has 6 nitrogen and oxygen atoms in total. The van der Waals surface area contributed by atoms with Crippen LogP contribution in [0.15, 0.2) is 72.8 Å². The van der Waals surface area contributed by atoms with Crippen molar-refractivity contribution in [1.82, 2.24) is 10.6 Å². The molecule has 1 fully saturated rings. The smallest absolute Gasteiger partial charge is 0.254 e. The number of nitrogens with zero attached hydrogens (tertiary/aromatic N) is 1. The highest BCUT2D eigenvalue weighted by Crippen LogP contribution is 2.29. The highest BCUT2D eigenvalue weighted by atomic mass is 19.1. The first kappa shape index (κ1) is 25.4. The maximum absolute atomic E-state index is 14.3. The van der Waals surface area contributed by atoms with Gasteiger partial charge in [-0.2, -0.15) is 0 Å². The van der Waals surface area contributed by atoms with Crippen molar-refractivity contribution >= 4 is 38.9 Å². The van der Waals surface area contributed by atoms with Crippen LogP contribution in [0, 0.1) is 11.6 Å². The third kappa shape index (κ3) is 5.60. The monoisotopic (exact) mass is 488 g/mol. The molecule has 3 N–H and O–H groups in total. The van der Waals surface area contributed by atoms with E-state index in [4.69, 9.17) is 0 Å². The van der Waals surface area contributed by atoms with Gasteiger partial charge >= 0.3 is 0 Å². The fraction of sp³-hybridized carbons (Fsp3) is 0.231. The average molecular weight is 488 g/mol. The molecule has 4 rings (SSSR count). The predicted octanol–water partition coefficient (Wildman–Crippen LogP) is 1.23. The van der Waals surface area contributed by atoms with E-state index in [1.807, 2.05) is 46.0 Å². The first-order valence-electron chi connectivity index (χ1n) is 11.9. The van der Waals surface area contributed by atoms with Gasteiger partial charge in [-0.1, -0.05) is 48.0 Å². The Labute approximate surface area is 211 Å². The summed E-state index contributed by atoms with van der Waals surface area (Å²) >= 11 is 0. The van der Waals surface area contributed by atoms with Gasteiger partial charge in [0.05, 0.1) is 16.9 Å². The number of benzene rings is 3. The highest BCUT2D eigenvalue weighted by Gasteiger charge is 2.38. The van der Waals surface area contributed by atoms with Crippen molar-refractivity contribution in [3.8, 4) is 0 Å². The molecule has 1 heterocycles. The highest BCUT2D eigenvalue weighted by molar-refractivity contribution is 6.42. The number of hydrogen-bond donors (Lipinski definition) is 3. The Balaban J connectivity index is 1.68. The Morgan fingerprint density at radius 1 is 0.944 bits per heavy atom. The van der Waals surface area contributed by atoms with Gasteiger partial charge in [-0.3, -0.25) is 9.59 Å². The summed E-state index contributed by atoms with van der Waals surface area (Å²) in [7, 11) is 3.66. The van der Waals surface area contributed by atoms with E-state index in [1.165, 1.54) is 30.3 Å². The third-order valence-corrected chi connectivity index (χ3v) is 6.57. The van der Waals surface area contributed by atoms with Gasteiger partial charge in [0.15, 0.2) is 0 Å². The second kappa shape index (κ2) is 11.0. The summed E-state index contributed by atoms with van der Waals surface area (Å²) in [5.41, 5.74) is 1.66. The van der Waals surface area contributed by atoms with E-state index < -0.39 is 34.7 Å². The molecule has 0 spiro atoms. The lowest BCUT2D eigenvalue weighted by molar-refractivity contribution is -0.118. The van der Waals surface area contributed by atoms with Gasteiger partial charge in [0.25, 0.3) is 5.91 Å². The Hall–Kier alpha value is -3.65. The van der Waals surface area contributed by atoms with Crippen molar-refractivity contribution in [1.29, 1.82) is 0 Å². The lowest BCUT2D eigenvalue weighted by Crippen LogP contribution is -2.58. The molecule has 1 unspecified atom stereocenters. The summed E-state index contributed by atoms with van der Waals surface area (Å²) < 4.78 is 28.6. The molecule has 184 valence electrons. The summed E-state index contributed by atoms with van der Waals surface area (Å²) in [6.45, 7) is 2.95. The van der Waals surface area contributed by atoms with E-state index in [0.29, 0.717) is 24.5 Å². The van der Waals surface area contributed by atoms with E-state index >= 15 is 0 Å². The van der Waals surface area contributed by atoms with Crippen molar-refractivity contribution < 1.29 is 18.4 Å². The number of hydrogen-bond acceptors (Lipinski definition) is 4. The quantitative estimate of drug-likeness (QED) is 0.438. The number of nitrogens with one attached hydrogen (secondary N) is 3. The molecule has 1 aliphatic heterocycles. The van der Waals surface area contributed by atoms with Crippen LogP contribution in [0.25, 0.3) is 0 Å². The zero-order chi connectivity index (χ0) is 25.7. The fourth-order valence-electron chi connectivity index (χ4n) is 4.46. The minimum atomic E-state index is -1.09. The van der Waals surface area contributed by atoms with Gasteiger partial charge in [0.1, 0.15) is 33.4 Å². The van der Waals surface area contributed by atoms with E-state index in [1.54, 1.807) is 12.1 Å². The Morgan fingerprint density at radius 3 is 2.31 bits per heavy atom. The molecule has 1 atom stereocenters. The summed E-state index contributed by atoms with van der Waals surface area (Å²) in [5, 5.41) is 7.98. The minimum Gasteiger partial charge on any atom is -0.367 e. The molecule has 10 heteroatoms. The molecule has 3 aromatic rings. The Kier molecular flexibility index (Phi) is 7.74. The fourth-order valence-corrected chi connectivity index (χ4v) is 4.46. The second-order valence-corrected chi connectivity index (χ2v) is 9.36. The number of rotatable bonds is 7. The molecule has 36 heavy (non-hydrogen) atoms. The standard InChI is InChI=1S/C26H28B2F2N4O2/c27-26(28,17-6-2-1-3-7-17)23(33-24(35)19-8-4-5-9-20(19)30)25(36)32-21-16-18(29)10-11-22(21)34-14-12-31-13-15-34/h1-11,16,23,31H,12-15,27-28H2,(H,32,36)(H,33,35). The predicted molar refractivity (Wildman–Crippen MR) is 143 cm³/mol. The lowest BCUT2D eigenvalue weighted by Gasteiger charge is -2.36. The summed E-state index contributed by atoms with van der Waals surface area (Å²) in [6.07, 6.45) is 0. The largest absolute Gasteiger partial charge is 0.367 e. The van der Waals surface area contributed by atoms with Crippen LogP contribution in [0.4, 0.5) is 20.2 Å². The van der Waals surface area contributed by atoms with Crippen LogP contribution in [0.2, 0.25) is 0 Å². The normalized spacial score (nSPS) is 14.7. The van der Waals surface area contributed by atoms with Gasteiger partial charge in [-0.05, 0) is 35.5 Å². The van der Waals surface area contributed by atoms with Crippen molar-refractivity contribution in [3.05, 3.63) is 95.6 Å². The molecule has 1 saturated heterocycles. The first-order chi connectivity index (χ1) is 17.3. The second-order valence-electron chi connectivity index (χ2n) is 9.36. The number of anilines is 2. The van der Waals surface area contributed by atoms with Crippen LogP contribution in [-0.2, 0) is 10.0 Å². The third-order valence-electron chi connectivity index (χ3n) is 6.57. The lowest BCUT2D eigenvalue weighted by atomic mass is 9.47. The van der Waals surface area contributed by atoms with Gasteiger partial charge in [-0.15, -0.1) is 0 Å². The van der Waals surface area contributed by atoms with Crippen molar-refractivity contribution in [2.75, 3.05) is 36.4 Å². The van der Waals surface area contributed by atoms with Crippen LogP contribution < -0.4 is 20.9 Å². The van der Waals surface area contributed by atoms with Crippen LogP contribution in [0.3, 0.4) is 0 Å². The van der Waals surface area contributed by atoms with Crippen LogP contribution in [0.5, 0.6) is 0 Å². The number of amides is 2. The molecule has 0 saturated carbocycles. The summed E-state index contributed by atoms with van der Waals surface area (Å²) in [4.78, 5) is 28.9. The van der Waals surface area contributed by atoms with Gasteiger partial charge in [0, 0.05) is 26.2 Å². The number of halogens is 2. The van der Waals surface area contributed by atoms with Crippen molar-refractivity contribution in [2.45, 2.75) is 11.3 Å². The molecule has 2 amide bonds. The van der Waals surface area contributed by atoms with E-state index in [-0.39, 0.29) is 5.56 Å². The van der Waals surface area contributed by atoms with Gasteiger partial charge in [-0.25, -0.2) is 8.78 Å². The number of piperazine rings is 1. The Morgan fingerprint density at radius 2 is 1.61 bits per heavy atom. The molecular weight excluding hydrogens is 460 g/mol. The number of carbonyl (C=O) groups excluding carboxylic acids is 2. The van der Waals surface area contributed by atoms with Crippen LogP contribution in [0.1, 0.15) is 15.9 Å². The van der Waals surface area contributed by atoms with Gasteiger partial charge in [0.2, 0.25) is 5.91 Å². The van der Waals surface area contributed by atoms with E-state index in [2.05, 4.69) is 20.9 Å². The molecule has 0 aromatic heterocycles. The summed E-state index contributed by atoms with van der Waals surface area (Å²) in [6, 6.07) is 18.1. The topological polar surface area (TPSA) is 73.5 Å². The maximum atomic E-state index is 14.3. The molecular formula is C26H28B2F2N4O2. The molecule has 0 bridgehead atoms. The van der Waals surface area contributed by atoms with E-state index in [9.17, 15) is 18.4 Å². The van der Waals surface area contributed by atoms with Crippen molar-refractivity contribution in [3.63, 3.8) is 0 Å². The van der Waals surface area contributed by atoms with Crippen molar-refractivity contribution in [2.24, 2.45) is 0 Å². The zero-order valence-corrected chi connectivity index (χ0v) is 20.4. The van der Waals surface area contributed by atoms with Gasteiger partial charge < -0.3 is 20.9 Å². The van der Waals surface area contributed by atoms with Crippen LogP contribution in [-0.4, -0.2) is 59.7 Å². The number of carbonyl (C=O) groups is 2. The summed E-state index contributed by atoms with van der Waals surface area (Å²) in [5.74, 6) is -2.41. The minimum absolute atomic E-state index is 0.161. The SMILES string of the molecule is BC(B)(c1ccccc1)C(NC(=O)c1ccccc1F)C(=O)Nc1cc(F)ccc1N1CCNCC1.